The first-order valence-corrected chi connectivity index (χ1v) is 6.31. The van der Waals surface area contributed by atoms with E-state index in [9.17, 15) is 4.39 Å². The molecule has 0 aliphatic rings. The number of aromatic nitrogens is 1. The molecule has 0 saturated heterocycles. The van der Waals surface area contributed by atoms with Crippen LogP contribution in [0.15, 0.2) is 42.6 Å². The molecule has 98 valence electrons. The van der Waals surface area contributed by atoms with Gasteiger partial charge in [-0.25, -0.2) is 4.39 Å². The lowest BCUT2D eigenvalue weighted by atomic mass is 10.2. The van der Waals surface area contributed by atoms with Crippen molar-refractivity contribution in [3.8, 4) is 0 Å². The summed E-state index contributed by atoms with van der Waals surface area (Å²) in [6.07, 6.45) is 1.68. The summed E-state index contributed by atoms with van der Waals surface area (Å²) in [5, 5.41) is 0. The van der Waals surface area contributed by atoms with Crippen molar-refractivity contribution in [1.82, 2.24) is 4.98 Å². The van der Waals surface area contributed by atoms with Gasteiger partial charge in [0.05, 0.1) is 17.6 Å². The molecule has 0 fully saturated rings. The number of halogens is 1. The minimum Gasteiger partial charge on any atom is -0.388 e. The summed E-state index contributed by atoms with van der Waals surface area (Å²) in [4.78, 5) is 6.42. The molecule has 0 atom stereocenters. The van der Waals surface area contributed by atoms with E-state index in [1.807, 2.05) is 24.0 Å². The lowest BCUT2D eigenvalue weighted by Crippen LogP contribution is -2.17. The van der Waals surface area contributed by atoms with Gasteiger partial charge in [0.2, 0.25) is 0 Å². The highest BCUT2D eigenvalue weighted by Crippen LogP contribution is 2.24. The Morgan fingerprint density at radius 3 is 2.63 bits per heavy atom. The van der Waals surface area contributed by atoms with E-state index < -0.39 is 0 Å². The Labute approximate surface area is 116 Å². The van der Waals surface area contributed by atoms with Crippen LogP contribution in [-0.2, 0) is 0 Å². The highest BCUT2D eigenvalue weighted by atomic mass is 32.1. The zero-order valence-corrected chi connectivity index (χ0v) is 11.3. The monoisotopic (exact) mass is 275 g/mol. The van der Waals surface area contributed by atoms with E-state index in [1.165, 1.54) is 12.1 Å². The van der Waals surface area contributed by atoms with E-state index in [4.69, 9.17) is 18.0 Å². The van der Waals surface area contributed by atoms with Gasteiger partial charge in [0.15, 0.2) is 0 Å². The molecule has 2 aromatic rings. The fraction of sp³-hybridized carbons (Fsp3) is 0.143. The predicted molar refractivity (Wildman–Crippen MR) is 79.2 cm³/mol. The molecule has 1 aromatic heterocycles. The van der Waals surface area contributed by atoms with Crippen molar-refractivity contribution < 1.29 is 4.39 Å². The van der Waals surface area contributed by atoms with Gasteiger partial charge in [-0.2, -0.15) is 0 Å². The van der Waals surface area contributed by atoms with Gasteiger partial charge >= 0.3 is 0 Å². The SMILES string of the molecule is CCN(c1ccc(C(N)=S)nc1)c1cccc(F)c1. The molecule has 0 aliphatic heterocycles. The summed E-state index contributed by atoms with van der Waals surface area (Å²) in [6.45, 7) is 2.70. The quantitative estimate of drug-likeness (QED) is 0.871. The number of nitrogens with zero attached hydrogens (tertiary/aromatic N) is 2. The van der Waals surface area contributed by atoms with Gasteiger partial charge < -0.3 is 10.6 Å². The van der Waals surface area contributed by atoms with Crippen LogP contribution < -0.4 is 10.6 Å². The van der Waals surface area contributed by atoms with Crippen LogP contribution in [0.4, 0.5) is 15.8 Å². The number of thiocarbonyl (C=S) groups is 1. The first kappa shape index (κ1) is 13.4. The van der Waals surface area contributed by atoms with Crippen LogP contribution in [0, 0.1) is 5.82 Å². The second-order valence-electron chi connectivity index (χ2n) is 3.99. The summed E-state index contributed by atoms with van der Waals surface area (Å²) in [5.74, 6) is -0.260. The minimum atomic E-state index is -0.260. The summed E-state index contributed by atoms with van der Waals surface area (Å²) < 4.78 is 13.3. The van der Waals surface area contributed by atoms with Crippen molar-refractivity contribution in [3.05, 3.63) is 54.1 Å². The number of rotatable bonds is 4. The largest absolute Gasteiger partial charge is 0.388 e. The fourth-order valence-electron chi connectivity index (χ4n) is 1.85. The van der Waals surface area contributed by atoms with Crippen LogP contribution in [0.1, 0.15) is 12.6 Å². The number of anilines is 2. The number of benzene rings is 1. The van der Waals surface area contributed by atoms with Crippen LogP contribution in [-0.4, -0.2) is 16.5 Å². The molecule has 0 spiro atoms. The van der Waals surface area contributed by atoms with Crippen molar-refractivity contribution in [2.24, 2.45) is 5.73 Å². The van der Waals surface area contributed by atoms with Gasteiger partial charge in [-0.3, -0.25) is 4.98 Å². The first-order chi connectivity index (χ1) is 9.11. The van der Waals surface area contributed by atoms with Gasteiger partial charge in [-0.1, -0.05) is 18.3 Å². The zero-order valence-electron chi connectivity index (χ0n) is 10.5. The van der Waals surface area contributed by atoms with Crippen molar-refractivity contribution in [1.29, 1.82) is 0 Å². The summed E-state index contributed by atoms with van der Waals surface area (Å²) in [5.41, 5.74) is 7.74. The van der Waals surface area contributed by atoms with Gasteiger partial charge in [-0.15, -0.1) is 0 Å². The maximum absolute atomic E-state index is 13.3. The van der Waals surface area contributed by atoms with Gasteiger partial charge in [-0.05, 0) is 37.3 Å². The van der Waals surface area contributed by atoms with Crippen LogP contribution in [0.25, 0.3) is 0 Å². The third kappa shape index (κ3) is 3.06. The molecular formula is C14H14FN3S. The molecule has 0 amide bonds. The molecule has 0 radical (unpaired) electrons. The summed E-state index contributed by atoms with van der Waals surface area (Å²) in [7, 11) is 0. The summed E-state index contributed by atoms with van der Waals surface area (Å²) >= 11 is 4.86. The highest BCUT2D eigenvalue weighted by Gasteiger charge is 2.09. The van der Waals surface area contributed by atoms with Crippen molar-refractivity contribution in [3.63, 3.8) is 0 Å². The average molecular weight is 275 g/mol. The Bertz CT molecular complexity index is 583. The Balaban J connectivity index is 2.34. The normalized spacial score (nSPS) is 10.2. The van der Waals surface area contributed by atoms with Gasteiger partial charge in [0.1, 0.15) is 10.8 Å². The molecule has 0 saturated carbocycles. The Hall–Kier alpha value is -2.01. The lowest BCUT2D eigenvalue weighted by molar-refractivity contribution is 0.627. The second-order valence-corrected chi connectivity index (χ2v) is 4.43. The standard InChI is InChI=1S/C14H14FN3S/c1-2-18(11-5-3-4-10(15)8-11)12-6-7-13(14(16)19)17-9-12/h3-9H,2H2,1H3,(H2,16,19). The van der Waals surface area contributed by atoms with E-state index in [0.29, 0.717) is 12.2 Å². The molecule has 1 aromatic carbocycles. The van der Waals surface area contributed by atoms with Crippen LogP contribution in [0.2, 0.25) is 0 Å². The van der Waals surface area contributed by atoms with E-state index in [2.05, 4.69) is 4.98 Å². The van der Waals surface area contributed by atoms with Gasteiger partial charge in [0, 0.05) is 12.2 Å². The minimum absolute atomic E-state index is 0.260. The molecule has 3 nitrogen and oxygen atoms in total. The fourth-order valence-corrected chi connectivity index (χ4v) is 1.97. The third-order valence-corrected chi connectivity index (χ3v) is 2.96. The van der Waals surface area contributed by atoms with Crippen LogP contribution in [0.3, 0.4) is 0 Å². The Morgan fingerprint density at radius 1 is 1.32 bits per heavy atom. The second kappa shape index (κ2) is 5.75. The van der Waals surface area contributed by atoms with Crippen LogP contribution in [0.5, 0.6) is 0 Å². The molecule has 0 unspecified atom stereocenters. The first-order valence-electron chi connectivity index (χ1n) is 5.90. The van der Waals surface area contributed by atoms with E-state index in [0.717, 1.165) is 11.4 Å². The van der Waals surface area contributed by atoms with Crippen LogP contribution >= 0.6 is 12.2 Å². The molecular weight excluding hydrogens is 261 g/mol. The van der Waals surface area contributed by atoms with Crippen molar-refractivity contribution >= 4 is 28.6 Å². The average Bonchev–Trinajstić information content (AvgIpc) is 2.40. The smallest absolute Gasteiger partial charge is 0.125 e. The Kier molecular flexibility index (Phi) is 4.06. The van der Waals surface area contributed by atoms with E-state index >= 15 is 0 Å². The maximum Gasteiger partial charge on any atom is 0.125 e. The number of pyridine rings is 1. The number of hydrogen-bond donors (Lipinski definition) is 1. The molecule has 2 rings (SSSR count). The molecule has 5 heteroatoms. The number of nitrogens with two attached hydrogens (primary N) is 1. The molecule has 0 bridgehead atoms. The van der Waals surface area contributed by atoms with Gasteiger partial charge in [0.25, 0.3) is 0 Å². The summed E-state index contributed by atoms with van der Waals surface area (Å²) in [6, 6.07) is 10.1. The molecule has 2 N–H and O–H groups in total. The van der Waals surface area contributed by atoms with E-state index in [-0.39, 0.29) is 10.8 Å². The van der Waals surface area contributed by atoms with Crippen molar-refractivity contribution in [2.75, 3.05) is 11.4 Å². The molecule has 1 heterocycles. The van der Waals surface area contributed by atoms with E-state index in [1.54, 1.807) is 18.3 Å². The number of hydrogen-bond acceptors (Lipinski definition) is 3. The molecule has 0 aliphatic carbocycles. The zero-order chi connectivity index (χ0) is 13.8. The third-order valence-electron chi connectivity index (χ3n) is 2.75. The lowest BCUT2D eigenvalue weighted by Gasteiger charge is -2.23. The highest BCUT2D eigenvalue weighted by molar-refractivity contribution is 7.80. The Morgan fingerprint density at radius 2 is 2.11 bits per heavy atom. The molecule has 19 heavy (non-hydrogen) atoms. The topological polar surface area (TPSA) is 42.1 Å². The predicted octanol–water partition coefficient (Wildman–Crippen LogP) is 3.01. The maximum atomic E-state index is 13.3. The van der Waals surface area contributed by atoms with Crippen molar-refractivity contribution in [2.45, 2.75) is 6.92 Å².